The van der Waals surface area contributed by atoms with E-state index in [2.05, 4.69) is 0 Å². The lowest BCUT2D eigenvalue weighted by molar-refractivity contribution is -0.231. The summed E-state index contributed by atoms with van der Waals surface area (Å²) in [6, 6.07) is 9.05. The minimum atomic E-state index is -1.47. The van der Waals surface area contributed by atoms with Crippen molar-refractivity contribution in [3.8, 4) is 5.75 Å². The molecule has 0 radical (unpaired) electrons. The molecule has 0 spiro atoms. The van der Waals surface area contributed by atoms with Crippen LogP contribution in [-0.4, -0.2) is 63.8 Å². The van der Waals surface area contributed by atoms with Crippen LogP contribution in [0.3, 0.4) is 0 Å². The fourth-order valence-electron chi connectivity index (χ4n) is 4.23. The van der Waals surface area contributed by atoms with Gasteiger partial charge in [-0.2, -0.15) is 0 Å². The Labute approximate surface area is 184 Å². The number of carbonyl (C=O) groups excluding carboxylic acids is 1. The number of aliphatic hydroxyl groups is 4. The van der Waals surface area contributed by atoms with E-state index in [0.717, 1.165) is 16.7 Å². The maximum Gasteiger partial charge on any atom is 0.159 e. The molecule has 4 N–H and O–H groups in total. The molecule has 2 aromatic carbocycles. The summed E-state index contributed by atoms with van der Waals surface area (Å²) < 4.78 is 11.5. The molecule has 2 heterocycles. The van der Waals surface area contributed by atoms with E-state index >= 15 is 0 Å². The van der Waals surface area contributed by atoms with Crippen LogP contribution >= 0.6 is 11.6 Å². The Morgan fingerprint density at radius 2 is 1.84 bits per heavy atom. The van der Waals surface area contributed by atoms with Crippen molar-refractivity contribution in [1.29, 1.82) is 0 Å². The van der Waals surface area contributed by atoms with Gasteiger partial charge in [0.2, 0.25) is 0 Å². The molecule has 0 aromatic heterocycles. The number of carbonyl (C=O) groups is 1. The third-order valence-electron chi connectivity index (χ3n) is 5.99. The maximum absolute atomic E-state index is 11.5. The summed E-state index contributed by atoms with van der Waals surface area (Å²) >= 11 is 6.63. The molecule has 4 rings (SSSR count). The van der Waals surface area contributed by atoms with Crippen molar-refractivity contribution >= 4 is 17.4 Å². The molecular formula is C23H25ClO7. The zero-order chi connectivity index (χ0) is 22.3. The number of Topliss-reactive ketones (excluding diaryl/α,β-unsaturated/α-hetero) is 1. The van der Waals surface area contributed by atoms with E-state index in [-0.39, 0.29) is 5.78 Å². The number of halogens is 1. The van der Waals surface area contributed by atoms with E-state index in [1.807, 2.05) is 18.2 Å². The second-order valence-electron chi connectivity index (χ2n) is 8.02. The van der Waals surface area contributed by atoms with Gasteiger partial charge in [0.25, 0.3) is 0 Å². The van der Waals surface area contributed by atoms with Gasteiger partial charge in [-0.25, -0.2) is 0 Å². The molecule has 0 aliphatic carbocycles. The molecule has 2 aliphatic heterocycles. The van der Waals surface area contributed by atoms with Crippen molar-refractivity contribution in [2.75, 3.05) is 13.2 Å². The van der Waals surface area contributed by atoms with Crippen LogP contribution in [0, 0.1) is 0 Å². The molecule has 2 aliphatic rings. The third-order valence-corrected chi connectivity index (χ3v) is 6.40. The monoisotopic (exact) mass is 448 g/mol. The molecule has 166 valence electrons. The number of rotatable bonds is 5. The van der Waals surface area contributed by atoms with Gasteiger partial charge in [-0.1, -0.05) is 41.9 Å². The lowest BCUT2D eigenvalue weighted by atomic mass is 9.87. The molecule has 1 saturated heterocycles. The third kappa shape index (κ3) is 4.09. The van der Waals surface area contributed by atoms with Crippen molar-refractivity contribution in [2.24, 2.45) is 0 Å². The molecule has 0 bridgehead atoms. The van der Waals surface area contributed by atoms with Gasteiger partial charge in [0.1, 0.15) is 36.3 Å². The van der Waals surface area contributed by atoms with Crippen LogP contribution in [0.25, 0.3) is 0 Å². The standard InChI is InChI=1S/C23H25ClO7/c1-11(26)13-4-2-12(3-5-13)8-14-9-16(15-6-7-30-22(15)18(14)24)23-21(29)20(28)19(27)17(10-25)31-23/h2-5,9,17,19-21,23,25,27-29H,6-8,10H2,1H3/t17-,19-,20+,21+,23+/m1/s1. The summed E-state index contributed by atoms with van der Waals surface area (Å²) in [5, 5.41) is 41.0. The first kappa shape index (κ1) is 22.2. The molecule has 8 heteroatoms. The molecule has 7 nitrogen and oxygen atoms in total. The van der Waals surface area contributed by atoms with Crippen molar-refractivity contribution < 1.29 is 34.7 Å². The lowest BCUT2D eigenvalue weighted by Gasteiger charge is -2.40. The summed E-state index contributed by atoms with van der Waals surface area (Å²) in [7, 11) is 0. The summed E-state index contributed by atoms with van der Waals surface area (Å²) in [5.74, 6) is 0.506. The largest absolute Gasteiger partial charge is 0.491 e. The van der Waals surface area contributed by atoms with Crippen molar-refractivity contribution in [3.05, 3.63) is 63.2 Å². The van der Waals surface area contributed by atoms with Gasteiger partial charge >= 0.3 is 0 Å². The highest BCUT2D eigenvalue weighted by atomic mass is 35.5. The molecule has 0 saturated carbocycles. The normalized spacial score (nSPS) is 27.6. The fourth-order valence-corrected chi connectivity index (χ4v) is 4.52. The second kappa shape index (κ2) is 8.86. The van der Waals surface area contributed by atoms with E-state index in [0.29, 0.717) is 41.3 Å². The Kier molecular flexibility index (Phi) is 6.35. The highest BCUT2D eigenvalue weighted by Gasteiger charge is 2.45. The Bertz CT molecular complexity index is 973. The van der Waals surface area contributed by atoms with Crippen LogP contribution in [0.5, 0.6) is 5.75 Å². The Morgan fingerprint density at radius 3 is 2.48 bits per heavy atom. The average Bonchev–Trinajstić information content (AvgIpc) is 3.25. The van der Waals surface area contributed by atoms with Crippen LogP contribution in [-0.2, 0) is 17.6 Å². The van der Waals surface area contributed by atoms with Gasteiger partial charge in [0.05, 0.1) is 18.2 Å². The van der Waals surface area contributed by atoms with Gasteiger partial charge < -0.3 is 29.9 Å². The zero-order valence-electron chi connectivity index (χ0n) is 17.0. The minimum Gasteiger partial charge on any atom is -0.491 e. The predicted molar refractivity (Wildman–Crippen MR) is 113 cm³/mol. The van der Waals surface area contributed by atoms with Gasteiger partial charge in [-0.3, -0.25) is 4.79 Å². The molecule has 1 fully saturated rings. The van der Waals surface area contributed by atoms with E-state index < -0.39 is 37.1 Å². The highest BCUT2D eigenvalue weighted by Crippen LogP contribution is 2.44. The van der Waals surface area contributed by atoms with Crippen LogP contribution in [0.15, 0.2) is 30.3 Å². The first-order valence-corrected chi connectivity index (χ1v) is 10.6. The molecule has 0 unspecified atom stereocenters. The van der Waals surface area contributed by atoms with Crippen molar-refractivity contribution in [3.63, 3.8) is 0 Å². The first-order valence-electron chi connectivity index (χ1n) is 10.2. The Hall–Kier alpha value is -2.00. The van der Waals surface area contributed by atoms with Gasteiger partial charge in [0, 0.05) is 17.5 Å². The average molecular weight is 449 g/mol. The van der Waals surface area contributed by atoms with E-state index in [1.165, 1.54) is 6.92 Å². The van der Waals surface area contributed by atoms with Crippen LogP contribution in [0.1, 0.15) is 45.6 Å². The summed E-state index contributed by atoms with van der Waals surface area (Å²) in [5.41, 5.74) is 3.69. The Balaban J connectivity index is 1.72. The minimum absolute atomic E-state index is 0.0135. The van der Waals surface area contributed by atoms with Crippen molar-refractivity contribution in [2.45, 2.75) is 50.3 Å². The zero-order valence-corrected chi connectivity index (χ0v) is 17.7. The smallest absolute Gasteiger partial charge is 0.159 e. The van der Waals surface area contributed by atoms with Crippen LogP contribution < -0.4 is 4.74 Å². The van der Waals surface area contributed by atoms with E-state index in [4.69, 9.17) is 21.1 Å². The number of benzene rings is 2. The topological polar surface area (TPSA) is 116 Å². The molecular weight excluding hydrogens is 424 g/mol. The number of ether oxygens (including phenoxy) is 2. The molecule has 0 amide bonds. The number of hydrogen-bond acceptors (Lipinski definition) is 7. The number of aliphatic hydroxyl groups excluding tert-OH is 4. The lowest BCUT2D eigenvalue weighted by Crippen LogP contribution is -2.55. The summed E-state index contributed by atoms with van der Waals surface area (Å²) in [6.07, 6.45) is -5.21. The second-order valence-corrected chi connectivity index (χ2v) is 8.40. The SMILES string of the molecule is CC(=O)c1ccc(Cc2cc([C@@H]3O[C@H](CO)[C@@H](O)[C@H](O)[C@@H]3O)c3c(c2Cl)OCC3)cc1. The molecule has 2 aromatic rings. The van der Waals surface area contributed by atoms with E-state index in [9.17, 15) is 25.2 Å². The van der Waals surface area contributed by atoms with Crippen molar-refractivity contribution in [1.82, 2.24) is 0 Å². The molecule has 5 atom stereocenters. The predicted octanol–water partition coefficient (Wildman–Crippen LogP) is 1.58. The van der Waals surface area contributed by atoms with Gasteiger partial charge in [-0.15, -0.1) is 0 Å². The van der Waals surface area contributed by atoms with Crippen LogP contribution in [0.4, 0.5) is 0 Å². The quantitative estimate of drug-likeness (QED) is 0.513. The van der Waals surface area contributed by atoms with Crippen LogP contribution in [0.2, 0.25) is 5.02 Å². The summed E-state index contributed by atoms with van der Waals surface area (Å²) in [6.45, 7) is 1.44. The number of hydrogen-bond donors (Lipinski definition) is 4. The maximum atomic E-state index is 11.5. The van der Waals surface area contributed by atoms with Gasteiger partial charge in [0.15, 0.2) is 5.78 Å². The van der Waals surface area contributed by atoms with E-state index in [1.54, 1.807) is 12.1 Å². The fraction of sp³-hybridized carbons (Fsp3) is 0.435. The number of ketones is 1. The van der Waals surface area contributed by atoms with Gasteiger partial charge in [-0.05, 0) is 30.0 Å². The summed E-state index contributed by atoms with van der Waals surface area (Å²) in [4.78, 5) is 11.5. The first-order chi connectivity index (χ1) is 14.8. The number of fused-ring (bicyclic) bond motifs is 1. The highest BCUT2D eigenvalue weighted by molar-refractivity contribution is 6.33. The Morgan fingerprint density at radius 1 is 1.13 bits per heavy atom. The molecule has 31 heavy (non-hydrogen) atoms.